The molecule has 17 rings (SSSR count). The number of hydrogen-bond acceptors (Lipinski definition) is 12. The molecule has 3 saturated heterocycles. The van der Waals surface area contributed by atoms with Gasteiger partial charge in [0.05, 0.1) is 19.6 Å². The van der Waals surface area contributed by atoms with Crippen LogP contribution in [-0.2, 0) is 94.2 Å². The molecule has 18 heteroatoms. The molecule has 6 aromatic heterocycles. The number of nitrogens with zero attached hydrogens (tertiary/aromatic N) is 12. The zero-order valence-corrected chi connectivity index (χ0v) is 76.4. The minimum absolute atomic E-state index is 0.0589. The summed E-state index contributed by atoms with van der Waals surface area (Å²) in [7, 11) is 0. The van der Waals surface area contributed by atoms with Crippen molar-refractivity contribution < 1.29 is 14.4 Å². The number of fused-ring (bicyclic) bond motifs is 3. The van der Waals surface area contributed by atoms with E-state index in [2.05, 4.69) is 251 Å². The van der Waals surface area contributed by atoms with E-state index in [1.807, 2.05) is 69.3 Å². The van der Waals surface area contributed by atoms with Crippen molar-refractivity contribution in [1.82, 2.24) is 74.3 Å². The summed E-state index contributed by atoms with van der Waals surface area (Å²) in [6.45, 7) is 34.8. The summed E-state index contributed by atoms with van der Waals surface area (Å²) in [5.41, 5.74) is 32.4. The topological polar surface area (TPSA) is 189 Å². The molecule has 18 nitrogen and oxygen atoms in total. The fraction of sp³-hybridized carbons (Fsp3) is 0.367. The molecule has 3 fully saturated rings. The SMILES string of the molecule is CCCCCC(=O)NCc1ccc(CN2CCCC2)cc1-c1ccc(Cn2c(CC)nc3c(C)cc(C)nc32)cc1.CCc1nc2c(C)cc(C)nc2n1Cc1ccc(-c2cc(CN3CCCC3)ccc2CNC(=O)CCc2ccccc2)cc1.CCc1nc2c(C)cc(C)nc2n1Cc1ccc(-c2cc(CN3CCCC3)ccc2CNC(=O)c2ccccc2)cc1. The van der Waals surface area contributed by atoms with Gasteiger partial charge in [-0.3, -0.25) is 29.1 Å². The molecule has 3 aliphatic heterocycles. The molecule has 0 aliphatic carbocycles. The Bertz CT molecular complexity index is 6090. The fourth-order valence-electron chi connectivity index (χ4n) is 18.5. The molecule has 9 heterocycles. The number of carbonyl (C=O) groups excluding carboxylic acids is 3. The molecular weight excluding hydrogens is 1570 g/mol. The van der Waals surface area contributed by atoms with Crippen molar-refractivity contribution in [2.24, 2.45) is 0 Å². The fourth-order valence-corrected chi connectivity index (χ4v) is 18.5. The average Bonchev–Trinajstić information content (AvgIpc) is 1.67. The Morgan fingerprint density at radius 3 is 0.984 bits per heavy atom. The maximum absolute atomic E-state index is 12.8. The highest BCUT2D eigenvalue weighted by atomic mass is 16.2. The van der Waals surface area contributed by atoms with Gasteiger partial charge in [-0.15, -0.1) is 0 Å². The lowest BCUT2D eigenvalue weighted by Gasteiger charge is -2.18. The highest BCUT2D eigenvalue weighted by Gasteiger charge is 2.23. The van der Waals surface area contributed by atoms with E-state index < -0.39 is 0 Å². The summed E-state index contributed by atoms with van der Waals surface area (Å²) in [4.78, 5) is 75.0. The second-order valence-electron chi connectivity index (χ2n) is 35.2. The lowest BCUT2D eigenvalue weighted by atomic mass is 9.96. The molecule has 0 atom stereocenters. The first-order chi connectivity index (χ1) is 61.9. The summed E-state index contributed by atoms with van der Waals surface area (Å²) in [6.07, 6.45) is 15.3. The van der Waals surface area contributed by atoms with E-state index in [0.29, 0.717) is 38.0 Å². The first-order valence-electron chi connectivity index (χ1n) is 46.6. The van der Waals surface area contributed by atoms with Crippen LogP contribution in [0.15, 0.2) is 206 Å². The first kappa shape index (κ1) is 89.7. The van der Waals surface area contributed by atoms with Gasteiger partial charge in [0, 0.05) is 94.0 Å². The number of amides is 3. The number of aryl methyl sites for hydroxylation is 10. The third-order valence-corrected chi connectivity index (χ3v) is 25.3. The van der Waals surface area contributed by atoms with Crippen molar-refractivity contribution in [2.45, 2.75) is 224 Å². The molecule has 0 bridgehead atoms. The van der Waals surface area contributed by atoms with E-state index in [9.17, 15) is 14.4 Å². The first-order valence-corrected chi connectivity index (χ1v) is 46.6. The molecule has 0 spiro atoms. The number of unbranched alkanes of at least 4 members (excludes halogenated alkanes) is 2. The van der Waals surface area contributed by atoms with Crippen LogP contribution in [-0.4, -0.2) is 115 Å². The number of likely N-dealkylation sites (tertiary alicyclic amines) is 3. The Hall–Kier alpha value is -12.1. The van der Waals surface area contributed by atoms with Crippen LogP contribution in [0.2, 0.25) is 0 Å². The van der Waals surface area contributed by atoms with Crippen molar-refractivity contribution in [1.29, 1.82) is 0 Å². The van der Waals surface area contributed by atoms with Crippen molar-refractivity contribution >= 4 is 51.2 Å². The Kier molecular flexibility index (Phi) is 30.3. The Morgan fingerprint density at radius 1 is 0.323 bits per heavy atom. The van der Waals surface area contributed by atoms with Crippen LogP contribution in [0.1, 0.15) is 216 Å². The van der Waals surface area contributed by atoms with E-state index in [1.165, 1.54) is 148 Å². The summed E-state index contributed by atoms with van der Waals surface area (Å²) in [6, 6.07) is 72.8. The van der Waals surface area contributed by atoms with Gasteiger partial charge < -0.3 is 29.7 Å². The van der Waals surface area contributed by atoms with Gasteiger partial charge in [0.25, 0.3) is 5.91 Å². The minimum Gasteiger partial charge on any atom is -0.352 e. The number of imidazole rings is 3. The number of pyridine rings is 3. The van der Waals surface area contributed by atoms with E-state index in [4.69, 9.17) is 29.9 Å². The molecule has 3 aliphatic rings. The van der Waals surface area contributed by atoms with Crippen molar-refractivity contribution in [3.8, 4) is 33.4 Å². The molecule has 3 N–H and O–H groups in total. The number of benzene rings is 8. The van der Waals surface area contributed by atoms with Gasteiger partial charge in [-0.2, -0.15) is 0 Å². The van der Waals surface area contributed by atoms with Crippen LogP contribution >= 0.6 is 0 Å². The van der Waals surface area contributed by atoms with Crippen LogP contribution < -0.4 is 16.0 Å². The number of nitrogens with one attached hydrogen (secondary N) is 3. The van der Waals surface area contributed by atoms with Crippen molar-refractivity contribution in [2.75, 3.05) is 39.3 Å². The molecular formula is C109H127N15O3. The monoisotopic (exact) mass is 1690 g/mol. The van der Waals surface area contributed by atoms with Gasteiger partial charge >= 0.3 is 0 Å². The Labute approximate surface area is 751 Å². The molecule has 0 saturated carbocycles. The average molecular weight is 1700 g/mol. The zero-order chi connectivity index (χ0) is 88.3. The summed E-state index contributed by atoms with van der Waals surface area (Å²) in [5.74, 6) is 3.34. The maximum Gasteiger partial charge on any atom is 0.251 e. The zero-order valence-electron chi connectivity index (χ0n) is 76.4. The lowest BCUT2D eigenvalue weighted by Crippen LogP contribution is -2.23. The van der Waals surface area contributed by atoms with Gasteiger partial charge in [0.15, 0.2) is 16.9 Å². The lowest BCUT2D eigenvalue weighted by molar-refractivity contribution is -0.122. The molecule has 656 valence electrons. The van der Waals surface area contributed by atoms with Crippen LogP contribution in [0.3, 0.4) is 0 Å². The van der Waals surface area contributed by atoms with Gasteiger partial charge in [-0.05, 0) is 286 Å². The number of rotatable bonds is 32. The largest absolute Gasteiger partial charge is 0.352 e. The predicted molar refractivity (Wildman–Crippen MR) is 516 cm³/mol. The summed E-state index contributed by atoms with van der Waals surface area (Å²) in [5, 5.41) is 9.49. The van der Waals surface area contributed by atoms with Crippen LogP contribution in [0.5, 0.6) is 0 Å². The molecule has 0 unspecified atom stereocenters. The van der Waals surface area contributed by atoms with Gasteiger partial charge in [-0.1, -0.05) is 198 Å². The standard InChI is InChI=1S/C38H43N5O.C36H39N5O.C35H45N5O/c1-4-35-41-37-27(2)22-28(3)40-38(37)43(35)26-30-12-16-32(17-13-30)34-23-31(25-42-20-8-9-21-42)14-18-33(34)24-39-36(44)19-15-29-10-6-5-7-11-29;1-4-33-39-34-25(2)20-26(3)38-35(34)41(33)24-27-12-15-29(16-13-27)32-21-28(23-40-18-8-9-19-40)14-17-31(32)22-37-36(42)30-10-6-5-7-11-30;1-5-7-8-11-33(41)36-22-30-17-14-28(23-39-18-9-10-19-39)21-31(30)29-15-12-27(13-16-29)24-40-32(6-2)38-34-25(3)20-26(4)37-35(34)40/h5-7,10-14,16-18,22-23H,4,8-9,15,19-21,24-26H2,1-3H3,(H,39,44);5-7,10-17,20-21H,4,8-9,18-19,22-24H2,1-3H3,(H,37,42);12-17,20-21H,5-11,18-19,22-24H2,1-4H3,(H,36,41). The molecule has 0 radical (unpaired) electrons. The van der Waals surface area contributed by atoms with Gasteiger partial charge in [0.2, 0.25) is 11.8 Å². The normalized spacial score (nSPS) is 13.6. The van der Waals surface area contributed by atoms with Crippen LogP contribution in [0.25, 0.3) is 66.9 Å². The Balaban J connectivity index is 0.000000147. The van der Waals surface area contributed by atoms with Crippen LogP contribution in [0, 0.1) is 41.5 Å². The smallest absolute Gasteiger partial charge is 0.251 e. The maximum atomic E-state index is 12.8. The molecule has 14 aromatic rings. The van der Waals surface area contributed by atoms with Gasteiger partial charge in [-0.25, -0.2) is 29.9 Å². The van der Waals surface area contributed by atoms with E-state index >= 15 is 0 Å². The third kappa shape index (κ3) is 23.0. The van der Waals surface area contributed by atoms with Crippen molar-refractivity contribution in [3.05, 3.63) is 319 Å². The second kappa shape index (κ2) is 42.9. The summed E-state index contributed by atoms with van der Waals surface area (Å²) >= 11 is 0. The Morgan fingerprint density at radius 2 is 0.646 bits per heavy atom. The van der Waals surface area contributed by atoms with Crippen molar-refractivity contribution in [3.63, 3.8) is 0 Å². The molecule has 127 heavy (non-hydrogen) atoms. The van der Waals surface area contributed by atoms with E-state index in [-0.39, 0.29) is 17.7 Å². The number of carbonyl (C=O) groups is 3. The number of hydrogen-bond donors (Lipinski definition) is 3. The highest BCUT2D eigenvalue weighted by molar-refractivity contribution is 5.94. The third-order valence-electron chi connectivity index (χ3n) is 25.3. The molecule has 8 aromatic carbocycles. The second-order valence-corrected chi connectivity index (χ2v) is 35.2. The summed E-state index contributed by atoms with van der Waals surface area (Å²) < 4.78 is 6.78. The van der Waals surface area contributed by atoms with Gasteiger partial charge in [0.1, 0.15) is 34.0 Å². The predicted octanol–water partition coefficient (Wildman–Crippen LogP) is 21.1. The van der Waals surface area contributed by atoms with E-state index in [1.54, 1.807) is 0 Å². The highest BCUT2D eigenvalue weighted by Crippen LogP contribution is 2.34. The number of aromatic nitrogens is 9. The minimum atomic E-state index is -0.0589. The van der Waals surface area contributed by atoms with Crippen LogP contribution in [0.4, 0.5) is 0 Å². The van der Waals surface area contributed by atoms with E-state index in [0.717, 1.165) is 188 Å². The molecule has 3 amide bonds. The quantitative estimate of drug-likeness (QED) is 0.0339.